The molecule has 7 heteroatoms. The summed E-state index contributed by atoms with van der Waals surface area (Å²) >= 11 is 0. The summed E-state index contributed by atoms with van der Waals surface area (Å²) in [5.74, 6) is -1.15. The van der Waals surface area contributed by atoms with Crippen molar-refractivity contribution in [1.29, 1.82) is 0 Å². The minimum Gasteiger partial charge on any atom is -0.478 e. The highest BCUT2D eigenvalue weighted by Crippen LogP contribution is 2.39. The predicted molar refractivity (Wildman–Crippen MR) is 139 cm³/mol. The minimum absolute atomic E-state index is 0.0470. The maximum absolute atomic E-state index is 11.9. The number of carbonyl (C=O) groups is 1. The fourth-order valence-corrected chi connectivity index (χ4v) is 3.94. The van der Waals surface area contributed by atoms with Crippen LogP contribution in [0.4, 0.5) is 28.4 Å². The van der Waals surface area contributed by atoms with E-state index in [1.165, 1.54) is 6.07 Å². The molecule has 0 aliphatic heterocycles. The van der Waals surface area contributed by atoms with Crippen LogP contribution in [-0.4, -0.2) is 11.1 Å². The Labute approximate surface area is 201 Å². The van der Waals surface area contributed by atoms with Gasteiger partial charge in [0.1, 0.15) is 11.4 Å². The van der Waals surface area contributed by atoms with Crippen LogP contribution in [0.25, 0.3) is 21.5 Å². The van der Waals surface area contributed by atoms with Crippen molar-refractivity contribution < 1.29 is 9.90 Å². The normalized spacial score (nSPS) is 11.7. The zero-order valence-electron chi connectivity index (χ0n) is 18.9. The molecular formula is C28H21N5O2. The van der Waals surface area contributed by atoms with E-state index in [1.807, 2.05) is 84.9 Å². The third kappa shape index (κ3) is 4.47. The van der Waals surface area contributed by atoms with Crippen LogP contribution in [-0.2, 0) is 0 Å². The van der Waals surface area contributed by atoms with Gasteiger partial charge in [-0.05, 0) is 58.8 Å². The second-order valence-corrected chi connectivity index (χ2v) is 8.10. The van der Waals surface area contributed by atoms with Crippen LogP contribution in [0.1, 0.15) is 15.9 Å². The van der Waals surface area contributed by atoms with Gasteiger partial charge >= 0.3 is 5.97 Å². The Morgan fingerprint density at radius 1 is 0.657 bits per heavy atom. The maximum Gasteiger partial charge on any atom is 0.338 e. The lowest BCUT2D eigenvalue weighted by Crippen LogP contribution is -2.01. The summed E-state index contributed by atoms with van der Waals surface area (Å²) in [6.07, 6.45) is 0. The van der Waals surface area contributed by atoms with E-state index >= 15 is 0 Å². The van der Waals surface area contributed by atoms with Crippen LogP contribution in [0.15, 0.2) is 111 Å². The molecule has 7 nitrogen and oxygen atoms in total. The minimum atomic E-state index is -1.15. The summed E-state index contributed by atoms with van der Waals surface area (Å²) in [6, 6.07) is 28.6. The molecule has 0 unspecified atom stereocenters. The molecule has 0 saturated heterocycles. The van der Waals surface area contributed by atoms with E-state index in [-0.39, 0.29) is 16.9 Å². The number of anilines is 1. The quantitative estimate of drug-likeness (QED) is 0.203. The highest BCUT2D eigenvalue weighted by molar-refractivity contribution is 5.98. The zero-order valence-corrected chi connectivity index (χ0v) is 18.9. The molecule has 0 spiro atoms. The highest BCUT2D eigenvalue weighted by Gasteiger charge is 2.18. The molecule has 0 saturated carbocycles. The second kappa shape index (κ2) is 9.15. The second-order valence-electron chi connectivity index (χ2n) is 8.10. The van der Waals surface area contributed by atoms with Gasteiger partial charge in [-0.15, -0.1) is 10.2 Å². The van der Waals surface area contributed by atoms with Gasteiger partial charge in [-0.3, -0.25) is 0 Å². The van der Waals surface area contributed by atoms with Gasteiger partial charge in [0.15, 0.2) is 0 Å². The van der Waals surface area contributed by atoms with Crippen LogP contribution in [0.2, 0.25) is 0 Å². The molecule has 0 aliphatic rings. The topological polar surface area (TPSA) is 113 Å². The van der Waals surface area contributed by atoms with E-state index in [2.05, 4.69) is 20.5 Å². The van der Waals surface area contributed by atoms with Gasteiger partial charge in [-0.1, -0.05) is 60.7 Å². The van der Waals surface area contributed by atoms with Crippen molar-refractivity contribution in [3.8, 4) is 0 Å². The largest absolute Gasteiger partial charge is 0.478 e. The Bertz CT molecular complexity index is 1660. The Hall–Kier alpha value is -4.91. The van der Waals surface area contributed by atoms with Crippen LogP contribution < -0.4 is 5.73 Å². The van der Waals surface area contributed by atoms with Crippen molar-refractivity contribution >= 4 is 56.0 Å². The Morgan fingerprint density at radius 2 is 1.14 bits per heavy atom. The molecule has 5 aromatic rings. The van der Waals surface area contributed by atoms with Crippen molar-refractivity contribution in [2.75, 3.05) is 5.73 Å². The number of fused-ring (bicyclic) bond motifs is 2. The summed E-state index contributed by atoms with van der Waals surface area (Å²) in [5, 5.41) is 31.3. The predicted octanol–water partition coefficient (Wildman–Crippen LogP) is 8.41. The van der Waals surface area contributed by atoms with Gasteiger partial charge in [0.05, 0.1) is 22.6 Å². The van der Waals surface area contributed by atoms with Gasteiger partial charge in [0.2, 0.25) is 0 Å². The standard InChI is InChI=1S/C28H21N5O2/c1-17-26(32-30-22-12-10-18-6-2-4-8-20(18)14-22)24(28(34)35)16-25(29)27(17)33-31-23-13-11-19-7-3-5-9-21(19)15-23/h2-16H,29H2,1H3,(H,34,35). The van der Waals surface area contributed by atoms with E-state index < -0.39 is 5.97 Å². The van der Waals surface area contributed by atoms with Gasteiger partial charge in [0.25, 0.3) is 0 Å². The Balaban J connectivity index is 1.54. The first-order valence-electron chi connectivity index (χ1n) is 11.0. The van der Waals surface area contributed by atoms with E-state index in [1.54, 1.807) is 6.92 Å². The highest BCUT2D eigenvalue weighted by atomic mass is 16.4. The average molecular weight is 460 g/mol. The van der Waals surface area contributed by atoms with Crippen molar-refractivity contribution in [3.05, 3.63) is 102 Å². The van der Waals surface area contributed by atoms with E-state index in [9.17, 15) is 9.90 Å². The number of azo groups is 2. The lowest BCUT2D eigenvalue weighted by atomic mass is 10.0. The zero-order chi connectivity index (χ0) is 24.4. The molecule has 3 N–H and O–H groups in total. The number of nitrogens with two attached hydrogens (primary N) is 1. The number of nitrogens with zero attached hydrogens (tertiary/aromatic N) is 4. The number of rotatable bonds is 5. The maximum atomic E-state index is 11.9. The lowest BCUT2D eigenvalue weighted by Gasteiger charge is -2.10. The lowest BCUT2D eigenvalue weighted by molar-refractivity contribution is 0.0697. The van der Waals surface area contributed by atoms with Crippen LogP contribution in [0.3, 0.4) is 0 Å². The first-order chi connectivity index (χ1) is 17.0. The number of benzene rings is 5. The Morgan fingerprint density at radius 3 is 1.66 bits per heavy atom. The molecule has 35 heavy (non-hydrogen) atoms. The number of carboxylic acid groups (broad SMARTS) is 1. The van der Waals surface area contributed by atoms with E-state index in [4.69, 9.17) is 5.73 Å². The molecule has 0 fully saturated rings. The molecule has 5 aromatic carbocycles. The molecule has 0 aliphatic carbocycles. The van der Waals surface area contributed by atoms with Crippen molar-refractivity contribution in [2.24, 2.45) is 20.5 Å². The summed E-state index contributed by atoms with van der Waals surface area (Å²) < 4.78 is 0. The number of carboxylic acids is 1. The van der Waals surface area contributed by atoms with Gasteiger partial charge < -0.3 is 10.8 Å². The summed E-state index contributed by atoms with van der Waals surface area (Å²) in [6.45, 7) is 1.71. The smallest absolute Gasteiger partial charge is 0.338 e. The number of aromatic carboxylic acids is 1. The van der Waals surface area contributed by atoms with Crippen molar-refractivity contribution in [3.63, 3.8) is 0 Å². The van der Waals surface area contributed by atoms with Gasteiger partial charge in [0, 0.05) is 5.56 Å². The Kier molecular flexibility index (Phi) is 5.73. The molecule has 170 valence electrons. The van der Waals surface area contributed by atoms with Crippen LogP contribution in [0.5, 0.6) is 0 Å². The van der Waals surface area contributed by atoms with Gasteiger partial charge in [-0.2, -0.15) is 10.2 Å². The van der Waals surface area contributed by atoms with E-state index in [0.29, 0.717) is 22.6 Å². The summed E-state index contributed by atoms with van der Waals surface area (Å²) in [7, 11) is 0. The van der Waals surface area contributed by atoms with Gasteiger partial charge in [-0.25, -0.2) is 4.79 Å². The molecule has 0 heterocycles. The van der Waals surface area contributed by atoms with E-state index in [0.717, 1.165) is 21.5 Å². The number of nitrogen functional groups attached to an aromatic ring is 1. The molecule has 0 atom stereocenters. The first-order valence-corrected chi connectivity index (χ1v) is 11.0. The average Bonchev–Trinajstić information content (AvgIpc) is 2.87. The monoisotopic (exact) mass is 459 g/mol. The fourth-order valence-electron chi connectivity index (χ4n) is 3.94. The molecule has 0 radical (unpaired) electrons. The molecule has 5 rings (SSSR count). The number of hydrogen-bond donors (Lipinski definition) is 2. The SMILES string of the molecule is Cc1c(N=Nc2ccc3ccccc3c2)c(N)cc(C(=O)O)c1N=Nc1ccc2ccccc2c1. The van der Waals surface area contributed by atoms with Crippen LogP contribution in [0, 0.1) is 6.92 Å². The molecule has 0 bridgehead atoms. The third-order valence-corrected chi connectivity index (χ3v) is 5.77. The van der Waals surface area contributed by atoms with Crippen molar-refractivity contribution in [1.82, 2.24) is 0 Å². The third-order valence-electron chi connectivity index (χ3n) is 5.77. The summed E-state index contributed by atoms with van der Waals surface area (Å²) in [5.41, 5.74) is 8.61. The summed E-state index contributed by atoms with van der Waals surface area (Å²) in [4.78, 5) is 11.9. The molecule has 0 aromatic heterocycles. The number of hydrogen-bond acceptors (Lipinski definition) is 6. The molecular weight excluding hydrogens is 438 g/mol. The fraction of sp³-hybridized carbons (Fsp3) is 0.0357. The molecule has 0 amide bonds. The van der Waals surface area contributed by atoms with Crippen LogP contribution >= 0.6 is 0 Å². The first kappa shape index (κ1) is 21.9. The van der Waals surface area contributed by atoms with Crippen molar-refractivity contribution in [2.45, 2.75) is 6.92 Å².